The second-order valence-electron chi connectivity index (χ2n) is 16.1. The Morgan fingerprint density at radius 2 is 0.847 bits per heavy atom. The number of hydrogen-bond acceptors (Lipinski definition) is 2. The van der Waals surface area contributed by atoms with Gasteiger partial charge < -0.3 is 9.80 Å². The van der Waals surface area contributed by atoms with E-state index >= 15 is 0 Å². The SMILES string of the molecule is CC1(C)c2ccccc2-c2cc(N(c3ccccc3)c3cc(-c4ccc(N(c5ccccc5)c5ccccc5)c5ccccc45)c4c(ccc5ccccc54)c3)ccc21. The van der Waals surface area contributed by atoms with Crippen LogP contribution in [0.3, 0.4) is 0 Å². The van der Waals surface area contributed by atoms with Gasteiger partial charge in [0.15, 0.2) is 0 Å². The highest BCUT2D eigenvalue weighted by molar-refractivity contribution is 6.19. The minimum Gasteiger partial charge on any atom is -0.310 e. The summed E-state index contributed by atoms with van der Waals surface area (Å²) >= 11 is 0. The molecule has 0 heterocycles. The molecular formula is C57H42N2. The molecule has 1 aliphatic carbocycles. The lowest BCUT2D eigenvalue weighted by Crippen LogP contribution is -2.15. The summed E-state index contributed by atoms with van der Waals surface area (Å²) in [5, 5.41) is 7.33. The maximum atomic E-state index is 2.44. The normalized spacial score (nSPS) is 12.7. The fourth-order valence-corrected chi connectivity index (χ4v) is 9.64. The van der Waals surface area contributed by atoms with Gasteiger partial charge in [-0.2, -0.15) is 0 Å². The van der Waals surface area contributed by atoms with Gasteiger partial charge in [0, 0.05) is 39.2 Å². The summed E-state index contributed by atoms with van der Waals surface area (Å²) in [7, 11) is 0. The van der Waals surface area contributed by atoms with Crippen molar-refractivity contribution in [3.05, 3.63) is 230 Å². The number of fused-ring (bicyclic) bond motifs is 7. The summed E-state index contributed by atoms with van der Waals surface area (Å²) in [5.41, 5.74) is 14.5. The van der Waals surface area contributed by atoms with Gasteiger partial charge in [-0.05, 0) is 127 Å². The molecule has 2 nitrogen and oxygen atoms in total. The van der Waals surface area contributed by atoms with Crippen molar-refractivity contribution in [3.63, 3.8) is 0 Å². The molecule has 0 saturated heterocycles. The van der Waals surface area contributed by atoms with Gasteiger partial charge in [0.25, 0.3) is 0 Å². The van der Waals surface area contributed by atoms with Gasteiger partial charge in [0.05, 0.1) is 5.69 Å². The Labute approximate surface area is 345 Å². The summed E-state index contributed by atoms with van der Waals surface area (Å²) in [6.07, 6.45) is 0. The summed E-state index contributed by atoms with van der Waals surface area (Å²) in [5.74, 6) is 0. The summed E-state index contributed by atoms with van der Waals surface area (Å²) in [6, 6.07) is 80.0. The molecule has 10 aromatic carbocycles. The smallest absolute Gasteiger partial charge is 0.0540 e. The van der Waals surface area contributed by atoms with Crippen molar-refractivity contribution in [2.75, 3.05) is 9.80 Å². The first-order chi connectivity index (χ1) is 29.0. The van der Waals surface area contributed by atoms with Crippen LogP contribution in [0, 0.1) is 0 Å². The fraction of sp³-hybridized carbons (Fsp3) is 0.0526. The molecule has 0 bridgehead atoms. The molecule has 0 spiro atoms. The molecule has 11 rings (SSSR count). The van der Waals surface area contributed by atoms with E-state index in [1.54, 1.807) is 0 Å². The average molecular weight is 755 g/mol. The summed E-state index contributed by atoms with van der Waals surface area (Å²) in [4.78, 5) is 4.82. The lowest BCUT2D eigenvalue weighted by molar-refractivity contribution is 0.660. The van der Waals surface area contributed by atoms with E-state index in [2.05, 4.69) is 242 Å². The van der Waals surface area contributed by atoms with E-state index in [-0.39, 0.29) is 5.41 Å². The van der Waals surface area contributed by atoms with Gasteiger partial charge in [0.1, 0.15) is 0 Å². The maximum absolute atomic E-state index is 2.44. The molecule has 0 saturated carbocycles. The monoisotopic (exact) mass is 754 g/mol. The Morgan fingerprint density at radius 1 is 0.305 bits per heavy atom. The van der Waals surface area contributed by atoms with E-state index in [9.17, 15) is 0 Å². The number of anilines is 6. The largest absolute Gasteiger partial charge is 0.310 e. The molecule has 0 aliphatic heterocycles. The third-order valence-electron chi connectivity index (χ3n) is 12.4. The molecular weight excluding hydrogens is 713 g/mol. The number of para-hydroxylation sites is 3. The van der Waals surface area contributed by atoms with E-state index in [0.29, 0.717) is 0 Å². The second-order valence-corrected chi connectivity index (χ2v) is 16.1. The molecule has 0 amide bonds. The molecule has 280 valence electrons. The Bertz CT molecular complexity index is 3150. The lowest BCUT2D eigenvalue weighted by Gasteiger charge is -2.29. The third-order valence-corrected chi connectivity index (χ3v) is 12.4. The van der Waals surface area contributed by atoms with Gasteiger partial charge in [-0.1, -0.05) is 166 Å². The quantitative estimate of drug-likeness (QED) is 0.150. The van der Waals surface area contributed by atoms with Crippen LogP contribution in [0.15, 0.2) is 218 Å². The van der Waals surface area contributed by atoms with Gasteiger partial charge >= 0.3 is 0 Å². The number of nitrogens with zero attached hydrogens (tertiary/aromatic N) is 2. The Hall–Kier alpha value is -7.42. The molecule has 0 N–H and O–H groups in total. The van der Waals surface area contributed by atoms with Crippen LogP contribution in [0.4, 0.5) is 34.1 Å². The Kier molecular flexibility index (Phi) is 8.20. The summed E-state index contributed by atoms with van der Waals surface area (Å²) < 4.78 is 0. The molecule has 0 aromatic heterocycles. The van der Waals surface area contributed by atoms with E-state index < -0.39 is 0 Å². The zero-order valence-corrected chi connectivity index (χ0v) is 33.2. The highest BCUT2D eigenvalue weighted by atomic mass is 15.1. The zero-order chi connectivity index (χ0) is 39.5. The topological polar surface area (TPSA) is 6.48 Å². The highest BCUT2D eigenvalue weighted by Crippen LogP contribution is 2.52. The van der Waals surface area contributed by atoms with E-state index in [4.69, 9.17) is 0 Å². The van der Waals surface area contributed by atoms with Crippen LogP contribution in [0.5, 0.6) is 0 Å². The first-order valence-electron chi connectivity index (χ1n) is 20.5. The van der Waals surface area contributed by atoms with Crippen molar-refractivity contribution in [1.29, 1.82) is 0 Å². The predicted molar refractivity (Wildman–Crippen MR) is 251 cm³/mol. The molecule has 0 unspecified atom stereocenters. The number of benzene rings is 10. The van der Waals surface area contributed by atoms with E-state index in [0.717, 1.165) is 34.1 Å². The van der Waals surface area contributed by atoms with Crippen LogP contribution in [-0.2, 0) is 5.41 Å². The molecule has 1 aliphatic rings. The average Bonchev–Trinajstić information content (AvgIpc) is 3.52. The first-order valence-corrected chi connectivity index (χ1v) is 20.5. The minimum absolute atomic E-state index is 0.0664. The second kappa shape index (κ2) is 13.9. The van der Waals surface area contributed by atoms with Crippen LogP contribution in [-0.4, -0.2) is 0 Å². The minimum atomic E-state index is -0.0664. The van der Waals surface area contributed by atoms with Gasteiger partial charge in [-0.3, -0.25) is 0 Å². The van der Waals surface area contributed by atoms with E-state index in [1.807, 2.05) is 0 Å². The van der Waals surface area contributed by atoms with Crippen molar-refractivity contribution < 1.29 is 0 Å². The standard InChI is InChI=1S/C57H42N2/c1-57(2)53-29-17-16-27-49(53)51-37-44(32-34-54(51)57)58(41-19-6-3-7-20-41)45-36-40-31-30-39-18-12-13-25-46(39)56(40)52(38-45)48-33-35-55(50-28-15-14-26-47(48)50)59(42-21-8-4-9-22-42)43-23-10-5-11-24-43/h3-38H,1-2H3. The molecule has 0 radical (unpaired) electrons. The van der Waals surface area contributed by atoms with Crippen molar-refractivity contribution in [3.8, 4) is 22.3 Å². The lowest BCUT2D eigenvalue weighted by atomic mass is 9.82. The summed E-state index contributed by atoms with van der Waals surface area (Å²) in [6.45, 7) is 4.70. The van der Waals surface area contributed by atoms with Crippen molar-refractivity contribution in [2.45, 2.75) is 19.3 Å². The van der Waals surface area contributed by atoms with Crippen molar-refractivity contribution >= 4 is 66.4 Å². The zero-order valence-electron chi connectivity index (χ0n) is 33.2. The molecule has 0 atom stereocenters. The van der Waals surface area contributed by atoms with Gasteiger partial charge in [-0.25, -0.2) is 0 Å². The van der Waals surface area contributed by atoms with Crippen molar-refractivity contribution in [2.24, 2.45) is 0 Å². The van der Waals surface area contributed by atoms with Crippen LogP contribution < -0.4 is 9.80 Å². The van der Waals surface area contributed by atoms with Crippen LogP contribution >= 0.6 is 0 Å². The first kappa shape index (κ1) is 34.8. The molecule has 0 fully saturated rings. The highest BCUT2D eigenvalue weighted by Gasteiger charge is 2.35. The van der Waals surface area contributed by atoms with Gasteiger partial charge in [-0.15, -0.1) is 0 Å². The maximum Gasteiger partial charge on any atom is 0.0540 e. The molecule has 10 aromatic rings. The van der Waals surface area contributed by atoms with Crippen LogP contribution in [0.1, 0.15) is 25.0 Å². The number of rotatable bonds is 7. The fourth-order valence-electron chi connectivity index (χ4n) is 9.64. The third kappa shape index (κ3) is 5.71. The molecule has 59 heavy (non-hydrogen) atoms. The number of hydrogen-bond donors (Lipinski definition) is 0. The van der Waals surface area contributed by atoms with E-state index in [1.165, 1.54) is 65.7 Å². The van der Waals surface area contributed by atoms with Gasteiger partial charge in [0.2, 0.25) is 0 Å². The Morgan fingerprint density at radius 3 is 1.56 bits per heavy atom. The van der Waals surface area contributed by atoms with Crippen LogP contribution in [0.25, 0.3) is 54.6 Å². The Balaban J connectivity index is 1.18. The van der Waals surface area contributed by atoms with Crippen LogP contribution in [0.2, 0.25) is 0 Å². The predicted octanol–water partition coefficient (Wildman–Crippen LogP) is 16.1. The molecule has 2 heteroatoms. The van der Waals surface area contributed by atoms with Crippen molar-refractivity contribution in [1.82, 2.24) is 0 Å².